The molecule has 0 aromatic heterocycles. The fraction of sp³-hybridized carbons (Fsp3) is 0.188. The lowest BCUT2D eigenvalue weighted by Crippen LogP contribution is -2.10. The van der Waals surface area contributed by atoms with E-state index in [0.29, 0.717) is 5.84 Å². The lowest BCUT2D eigenvalue weighted by Gasteiger charge is -2.07. The molecule has 0 heterocycles. The first-order chi connectivity index (χ1) is 10.4. The number of benzene rings is 2. The molecule has 116 valence electrons. The second-order valence-electron chi connectivity index (χ2n) is 4.82. The molecular weight excluding hydrogens is 300 g/mol. The third-order valence-corrected chi connectivity index (χ3v) is 4.37. The standard InChI is InChI=1S/C16H18N2O3S/c1-12-4-10-16(11-5-12)22(19,20)18-13(2)17-14-6-8-15(21-3)9-7-14/h4-11H,1-3H3,(H,17,18). The molecule has 2 aromatic rings. The first-order valence-electron chi connectivity index (χ1n) is 6.70. The Kier molecular flexibility index (Phi) is 4.82. The number of ether oxygens (including phenoxy) is 1. The Morgan fingerprint density at radius 3 is 2.18 bits per heavy atom. The van der Waals surface area contributed by atoms with Gasteiger partial charge in [-0.15, -0.1) is 4.40 Å². The van der Waals surface area contributed by atoms with Crippen LogP contribution in [0.5, 0.6) is 5.75 Å². The minimum atomic E-state index is -3.71. The van der Waals surface area contributed by atoms with E-state index in [0.717, 1.165) is 17.0 Å². The van der Waals surface area contributed by atoms with Gasteiger partial charge in [-0.05, 0) is 50.2 Å². The number of nitrogens with one attached hydrogen (secondary N) is 1. The predicted octanol–water partition coefficient (Wildman–Crippen LogP) is 3.22. The molecule has 0 unspecified atom stereocenters. The van der Waals surface area contributed by atoms with Crippen LogP contribution >= 0.6 is 0 Å². The predicted molar refractivity (Wildman–Crippen MR) is 88.1 cm³/mol. The van der Waals surface area contributed by atoms with Gasteiger partial charge in [0.15, 0.2) is 0 Å². The van der Waals surface area contributed by atoms with Gasteiger partial charge in [0, 0.05) is 5.69 Å². The van der Waals surface area contributed by atoms with Crippen LogP contribution in [-0.4, -0.2) is 21.4 Å². The third-order valence-electron chi connectivity index (χ3n) is 2.99. The van der Waals surface area contributed by atoms with Crippen molar-refractivity contribution in [3.05, 3.63) is 54.1 Å². The van der Waals surface area contributed by atoms with Gasteiger partial charge < -0.3 is 10.1 Å². The van der Waals surface area contributed by atoms with Crippen molar-refractivity contribution in [2.75, 3.05) is 12.4 Å². The summed E-state index contributed by atoms with van der Waals surface area (Å²) in [4.78, 5) is 0.175. The van der Waals surface area contributed by atoms with Gasteiger partial charge in [0.05, 0.1) is 12.0 Å². The van der Waals surface area contributed by atoms with E-state index in [4.69, 9.17) is 4.74 Å². The monoisotopic (exact) mass is 318 g/mol. The molecule has 2 rings (SSSR count). The fourth-order valence-electron chi connectivity index (χ4n) is 1.85. The number of hydrogen-bond acceptors (Lipinski definition) is 3. The summed E-state index contributed by atoms with van der Waals surface area (Å²) in [7, 11) is -2.12. The van der Waals surface area contributed by atoms with E-state index in [2.05, 4.69) is 9.71 Å². The molecule has 0 saturated carbocycles. The number of methoxy groups -OCH3 is 1. The SMILES string of the molecule is COc1ccc(N/C(C)=N/S(=O)(=O)c2ccc(C)cc2)cc1. The minimum Gasteiger partial charge on any atom is -0.497 e. The largest absolute Gasteiger partial charge is 0.497 e. The average molecular weight is 318 g/mol. The highest BCUT2D eigenvalue weighted by atomic mass is 32.2. The smallest absolute Gasteiger partial charge is 0.283 e. The Labute approximate surface area is 130 Å². The maximum Gasteiger partial charge on any atom is 0.283 e. The number of aryl methyl sites for hydroxylation is 1. The van der Waals surface area contributed by atoms with Gasteiger partial charge in [0.1, 0.15) is 11.6 Å². The molecule has 0 amide bonds. The summed E-state index contributed by atoms with van der Waals surface area (Å²) in [5.41, 5.74) is 1.73. The second-order valence-corrected chi connectivity index (χ2v) is 6.42. The molecule has 0 aliphatic rings. The zero-order valence-corrected chi connectivity index (χ0v) is 13.5. The Bertz CT molecular complexity index is 764. The van der Waals surface area contributed by atoms with Gasteiger partial charge in [-0.1, -0.05) is 17.7 Å². The molecule has 0 aliphatic heterocycles. The molecule has 5 nitrogen and oxygen atoms in total. The molecule has 0 fully saturated rings. The van der Waals surface area contributed by atoms with Crippen LogP contribution in [0.1, 0.15) is 12.5 Å². The molecular formula is C16H18N2O3S. The van der Waals surface area contributed by atoms with E-state index >= 15 is 0 Å². The number of nitrogens with zero attached hydrogens (tertiary/aromatic N) is 1. The number of amidine groups is 1. The second kappa shape index (κ2) is 6.62. The molecule has 0 radical (unpaired) electrons. The summed E-state index contributed by atoms with van der Waals surface area (Å²) in [6.07, 6.45) is 0. The topological polar surface area (TPSA) is 67.8 Å². The zero-order valence-electron chi connectivity index (χ0n) is 12.7. The first-order valence-corrected chi connectivity index (χ1v) is 8.14. The Balaban J connectivity index is 2.17. The van der Waals surface area contributed by atoms with Gasteiger partial charge in [0.2, 0.25) is 0 Å². The molecule has 0 saturated heterocycles. The van der Waals surface area contributed by atoms with Gasteiger partial charge >= 0.3 is 0 Å². The van der Waals surface area contributed by atoms with Crippen molar-refractivity contribution in [3.8, 4) is 5.75 Å². The molecule has 0 aliphatic carbocycles. The van der Waals surface area contributed by atoms with Crippen molar-refractivity contribution in [3.63, 3.8) is 0 Å². The molecule has 0 atom stereocenters. The quantitative estimate of drug-likeness (QED) is 0.694. The van der Waals surface area contributed by atoms with Crippen LogP contribution in [0.4, 0.5) is 5.69 Å². The van der Waals surface area contributed by atoms with Crippen LogP contribution in [0.3, 0.4) is 0 Å². The Morgan fingerprint density at radius 2 is 1.64 bits per heavy atom. The number of hydrogen-bond donors (Lipinski definition) is 1. The lowest BCUT2D eigenvalue weighted by molar-refractivity contribution is 0.415. The van der Waals surface area contributed by atoms with Crippen LogP contribution in [0.2, 0.25) is 0 Å². The number of rotatable bonds is 4. The van der Waals surface area contributed by atoms with Crippen LogP contribution in [-0.2, 0) is 10.0 Å². The van der Waals surface area contributed by atoms with Crippen LogP contribution in [0.25, 0.3) is 0 Å². The Hall–Kier alpha value is -2.34. The number of anilines is 1. The van der Waals surface area contributed by atoms with E-state index < -0.39 is 10.0 Å². The summed E-state index contributed by atoms with van der Waals surface area (Å²) < 4.78 is 33.3. The van der Waals surface area contributed by atoms with Crippen molar-refractivity contribution in [2.45, 2.75) is 18.7 Å². The maximum atomic E-state index is 12.2. The van der Waals surface area contributed by atoms with Crippen molar-refractivity contribution < 1.29 is 13.2 Å². The molecule has 0 bridgehead atoms. The van der Waals surface area contributed by atoms with Gasteiger partial charge in [-0.25, -0.2) is 0 Å². The van der Waals surface area contributed by atoms with Crippen LogP contribution in [0.15, 0.2) is 57.8 Å². The highest BCUT2D eigenvalue weighted by Crippen LogP contribution is 2.16. The van der Waals surface area contributed by atoms with Gasteiger partial charge in [0.25, 0.3) is 10.0 Å². The van der Waals surface area contributed by atoms with Crippen molar-refractivity contribution >= 4 is 21.5 Å². The Morgan fingerprint density at radius 1 is 1.05 bits per heavy atom. The fourth-order valence-corrected chi connectivity index (χ4v) is 2.84. The van der Waals surface area contributed by atoms with Crippen molar-refractivity contribution in [2.24, 2.45) is 4.40 Å². The van der Waals surface area contributed by atoms with E-state index in [1.165, 1.54) is 0 Å². The normalized spacial score (nSPS) is 12.0. The van der Waals surface area contributed by atoms with E-state index in [1.54, 1.807) is 62.6 Å². The van der Waals surface area contributed by atoms with E-state index in [9.17, 15) is 8.42 Å². The molecule has 6 heteroatoms. The van der Waals surface area contributed by atoms with E-state index in [-0.39, 0.29) is 4.90 Å². The zero-order chi connectivity index (χ0) is 16.2. The average Bonchev–Trinajstić information content (AvgIpc) is 2.48. The van der Waals surface area contributed by atoms with Gasteiger partial charge in [-0.3, -0.25) is 0 Å². The molecule has 2 aromatic carbocycles. The highest BCUT2D eigenvalue weighted by Gasteiger charge is 2.12. The lowest BCUT2D eigenvalue weighted by atomic mass is 10.2. The third kappa shape index (κ3) is 4.08. The van der Waals surface area contributed by atoms with Crippen molar-refractivity contribution in [1.82, 2.24) is 0 Å². The van der Waals surface area contributed by atoms with Crippen molar-refractivity contribution in [1.29, 1.82) is 0 Å². The van der Waals surface area contributed by atoms with Crippen LogP contribution < -0.4 is 10.1 Å². The van der Waals surface area contributed by atoms with E-state index in [1.807, 2.05) is 6.92 Å². The highest BCUT2D eigenvalue weighted by molar-refractivity contribution is 7.90. The summed E-state index contributed by atoms with van der Waals surface area (Å²) in [5, 5.41) is 2.95. The summed E-state index contributed by atoms with van der Waals surface area (Å²) >= 11 is 0. The molecule has 1 N–H and O–H groups in total. The maximum absolute atomic E-state index is 12.2. The molecule has 22 heavy (non-hydrogen) atoms. The minimum absolute atomic E-state index is 0.175. The number of sulfonamides is 1. The molecule has 0 spiro atoms. The summed E-state index contributed by atoms with van der Waals surface area (Å²) in [6, 6.07) is 13.7. The first kappa shape index (κ1) is 16.0. The van der Waals surface area contributed by atoms with Gasteiger partial charge in [-0.2, -0.15) is 8.42 Å². The summed E-state index contributed by atoms with van der Waals surface area (Å²) in [5.74, 6) is 1.03. The summed E-state index contributed by atoms with van der Waals surface area (Å²) in [6.45, 7) is 3.51. The van der Waals surface area contributed by atoms with Crippen LogP contribution in [0, 0.1) is 6.92 Å².